The van der Waals surface area contributed by atoms with E-state index < -0.39 is 0 Å². The standard InChI is InChI=1S/C22H23FN2O2/c23-17-6-8-18(9-7-17)27-19-11-13-25(14-12-19)22(26)10-5-16-15-24-21-4-2-1-3-20(16)21/h1-4,6-9,15,19,24H,5,10-14H2. The molecule has 3 aromatic rings. The molecule has 1 saturated heterocycles. The van der Waals surface area contributed by atoms with Crippen LogP contribution in [0.3, 0.4) is 0 Å². The van der Waals surface area contributed by atoms with Gasteiger partial charge in [0, 0.05) is 49.5 Å². The number of aromatic amines is 1. The van der Waals surface area contributed by atoms with Crippen LogP contribution in [-0.4, -0.2) is 35.0 Å². The molecule has 0 atom stereocenters. The fourth-order valence-electron chi connectivity index (χ4n) is 3.67. The Morgan fingerprint density at radius 3 is 2.63 bits per heavy atom. The summed E-state index contributed by atoms with van der Waals surface area (Å²) in [5.74, 6) is 0.610. The van der Waals surface area contributed by atoms with Crippen LogP contribution in [0.1, 0.15) is 24.8 Å². The van der Waals surface area contributed by atoms with Crippen molar-refractivity contribution >= 4 is 16.8 Å². The van der Waals surface area contributed by atoms with Gasteiger partial charge in [0.05, 0.1) is 0 Å². The zero-order valence-electron chi connectivity index (χ0n) is 15.2. The lowest BCUT2D eigenvalue weighted by Gasteiger charge is -2.32. The van der Waals surface area contributed by atoms with Gasteiger partial charge in [-0.05, 0) is 42.3 Å². The molecule has 4 rings (SSSR count). The lowest BCUT2D eigenvalue weighted by molar-refractivity contribution is -0.132. The molecule has 1 amide bonds. The molecule has 1 aliphatic heterocycles. The van der Waals surface area contributed by atoms with Crippen LogP contribution in [0.2, 0.25) is 0 Å². The molecule has 0 spiro atoms. The predicted octanol–water partition coefficient (Wildman–Crippen LogP) is 4.31. The van der Waals surface area contributed by atoms with Gasteiger partial charge in [0.15, 0.2) is 0 Å². The first-order valence-corrected chi connectivity index (χ1v) is 9.44. The van der Waals surface area contributed by atoms with Crippen molar-refractivity contribution in [2.24, 2.45) is 0 Å². The molecule has 1 aliphatic rings. The van der Waals surface area contributed by atoms with Gasteiger partial charge in [-0.2, -0.15) is 0 Å². The Labute approximate surface area is 157 Å². The minimum Gasteiger partial charge on any atom is -0.490 e. The fraction of sp³-hybridized carbons (Fsp3) is 0.318. The normalized spacial score (nSPS) is 15.2. The number of rotatable bonds is 5. The first-order valence-electron chi connectivity index (χ1n) is 9.44. The van der Waals surface area contributed by atoms with Gasteiger partial charge in [0.1, 0.15) is 17.7 Å². The van der Waals surface area contributed by atoms with Crippen LogP contribution in [-0.2, 0) is 11.2 Å². The van der Waals surface area contributed by atoms with Crippen molar-refractivity contribution < 1.29 is 13.9 Å². The maximum atomic E-state index is 13.0. The molecule has 0 unspecified atom stereocenters. The molecule has 4 nitrogen and oxygen atoms in total. The van der Waals surface area contributed by atoms with Gasteiger partial charge in [-0.1, -0.05) is 18.2 Å². The highest BCUT2D eigenvalue weighted by Crippen LogP contribution is 2.22. The number of carbonyl (C=O) groups excluding carboxylic acids is 1. The molecule has 1 aromatic heterocycles. The van der Waals surface area contributed by atoms with Crippen molar-refractivity contribution in [3.8, 4) is 5.75 Å². The van der Waals surface area contributed by atoms with Crippen molar-refractivity contribution in [2.75, 3.05) is 13.1 Å². The van der Waals surface area contributed by atoms with Crippen LogP contribution >= 0.6 is 0 Å². The van der Waals surface area contributed by atoms with Gasteiger partial charge in [0.2, 0.25) is 5.91 Å². The molecule has 0 aliphatic carbocycles. The Morgan fingerprint density at radius 2 is 1.85 bits per heavy atom. The number of H-pyrrole nitrogens is 1. The molecule has 2 aromatic carbocycles. The minimum absolute atomic E-state index is 0.0770. The fourth-order valence-corrected chi connectivity index (χ4v) is 3.67. The number of halogens is 1. The first-order chi connectivity index (χ1) is 13.2. The monoisotopic (exact) mass is 366 g/mol. The summed E-state index contributed by atoms with van der Waals surface area (Å²) in [6.07, 6.45) is 4.95. The number of fused-ring (bicyclic) bond motifs is 1. The highest BCUT2D eigenvalue weighted by molar-refractivity contribution is 5.84. The molecule has 0 radical (unpaired) electrons. The third-order valence-electron chi connectivity index (χ3n) is 5.19. The summed E-state index contributed by atoms with van der Waals surface area (Å²) in [5.41, 5.74) is 2.30. The van der Waals surface area contributed by atoms with Gasteiger partial charge in [-0.25, -0.2) is 4.39 Å². The van der Waals surface area contributed by atoms with Crippen LogP contribution in [0.25, 0.3) is 10.9 Å². The van der Waals surface area contributed by atoms with Gasteiger partial charge in [-0.15, -0.1) is 0 Å². The Bertz CT molecular complexity index is 911. The van der Waals surface area contributed by atoms with Gasteiger partial charge >= 0.3 is 0 Å². The molecular weight excluding hydrogens is 343 g/mol. The second-order valence-electron chi connectivity index (χ2n) is 7.01. The number of piperidine rings is 1. The number of benzene rings is 2. The van der Waals surface area contributed by atoms with Crippen LogP contribution in [0, 0.1) is 5.82 Å². The molecule has 5 heteroatoms. The number of aryl methyl sites for hydroxylation is 1. The van der Waals surface area contributed by atoms with Gasteiger partial charge < -0.3 is 14.6 Å². The van der Waals surface area contributed by atoms with E-state index in [1.54, 1.807) is 12.1 Å². The summed E-state index contributed by atoms with van der Waals surface area (Å²) in [5, 5.41) is 1.19. The van der Waals surface area contributed by atoms with Gasteiger partial charge in [-0.3, -0.25) is 4.79 Å². The Kier molecular flexibility index (Phi) is 5.10. The van der Waals surface area contributed by atoms with E-state index in [0.29, 0.717) is 25.3 Å². The average Bonchev–Trinajstić information content (AvgIpc) is 3.12. The van der Waals surface area contributed by atoms with E-state index in [0.717, 1.165) is 24.8 Å². The van der Waals surface area contributed by atoms with Crippen LogP contribution in [0.15, 0.2) is 54.7 Å². The number of para-hydroxylation sites is 1. The number of hydrogen-bond acceptors (Lipinski definition) is 2. The van der Waals surface area contributed by atoms with Crippen molar-refractivity contribution in [1.82, 2.24) is 9.88 Å². The summed E-state index contributed by atoms with van der Waals surface area (Å²) < 4.78 is 18.9. The van der Waals surface area contributed by atoms with Crippen molar-refractivity contribution in [3.05, 3.63) is 66.1 Å². The van der Waals surface area contributed by atoms with E-state index in [1.807, 2.05) is 29.3 Å². The molecule has 1 N–H and O–H groups in total. The van der Waals surface area contributed by atoms with E-state index in [-0.39, 0.29) is 17.8 Å². The van der Waals surface area contributed by atoms with E-state index >= 15 is 0 Å². The zero-order chi connectivity index (χ0) is 18.6. The maximum absolute atomic E-state index is 13.0. The molecule has 27 heavy (non-hydrogen) atoms. The number of nitrogens with zero attached hydrogens (tertiary/aromatic N) is 1. The quantitative estimate of drug-likeness (QED) is 0.731. The highest BCUT2D eigenvalue weighted by atomic mass is 19.1. The molecule has 0 saturated carbocycles. The predicted molar refractivity (Wildman–Crippen MR) is 103 cm³/mol. The second kappa shape index (κ2) is 7.82. The van der Waals surface area contributed by atoms with E-state index in [9.17, 15) is 9.18 Å². The lowest BCUT2D eigenvalue weighted by Crippen LogP contribution is -2.41. The second-order valence-corrected chi connectivity index (χ2v) is 7.01. The Morgan fingerprint density at radius 1 is 1.11 bits per heavy atom. The number of hydrogen-bond donors (Lipinski definition) is 1. The molecule has 140 valence electrons. The van der Waals surface area contributed by atoms with Crippen LogP contribution < -0.4 is 4.74 Å². The highest BCUT2D eigenvalue weighted by Gasteiger charge is 2.24. The third kappa shape index (κ3) is 4.13. The summed E-state index contributed by atoms with van der Waals surface area (Å²) in [6, 6.07) is 14.3. The minimum atomic E-state index is -0.266. The lowest BCUT2D eigenvalue weighted by atomic mass is 10.0. The Hall–Kier alpha value is -2.82. The number of likely N-dealkylation sites (tertiary alicyclic amines) is 1. The number of carbonyl (C=O) groups is 1. The van der Waals surface area contributed by atoms with Crippen LogP contribution in [0.5, 0.6) is 5.75 Å². The zero-order valence-corrected chi connectivity index (χ0v) is 15.2. The van der Waals surface area contributed by atoms with Gasteiger partial charge in [0.25, 0.3) is 0 Å². The molecule has 0 bridgehead atoms. The van der Waals surface area contributed by atoms with Crippen LogP contribution in [0.4, 0.5) is 4.39 Å². The Balaban J connectivity index is 1.26. The largest absolute Gasteiger partial charge is 0.490 e. The number of amides is 1. The van der Waals surface area contributed by atoms with E-state index in [4.69, 9.17) is 4.74 Å². The molecule has 2 heterocycles. The third-order valence-corrected chi connectivity index (χ3v) is 5.19. The smallest absolute Gasteiger partial charge is 0.222 e. The SMILES string of the molecule is O=C(CCc1c[nH]c2ccccc12)N1CCC(Oc2ccc(F)cc2)CC1. The maximum Gasteiger partial charge on any atom is 0.222 e. The first kappa shape index (κ1) is 17.6. The summed E-state index contributed by atoms with van der Waals surface area (Å²) in [4.78, 5) is 17.8. The number of ether oxygens (including phenoxy) is 1. The van der Waals surface area contributed by atoms with E-state index in [2.05, 4.69) is 11.1 Å². The van der Waals surface area contributed by atoms with Crippen molar-refractivity contribution in [3.63, 3.8) is 0 Å². The summed E-state index contributed by atoms with van der Waals surface area (Å²) in [6.45, 7) is 1.41. The van der Waals surface area contributed by atoms with E-state index in [1.165, 1.54) is 23.1 Å². The topological polar surface area (TPSA) is 45.3 Å². The summed E-state index contributed by atoms with van der Waals surface area (Å²) in [7, 11) is 0. The van der Waals surface area contributed by atoms with Crippen molar-refractivity contribution in [2.45, 2.75) is 31.8 Å². The number of nitrogens with one attached hydrogen (secondary N) is 1. The summed E-state index contributed by atoms with van der Waals surface area (Å²) >= 11 is 0. The number of aromatic nitrogens is 1. The molecular formula is C22H23FN2O2. The molecule has 1 fully saturated rings. The average molecular weight is 366 g/mol. The van der Waals surface area contributed by atoms with Crippen molar-refractivity contribution in [1.29, 1.82) is 0 Å².